The molecule has 0 aliphatic carbocycles. The number of aromatic nitrogens is 2. The summed E-state index contributed by atoms with van der Waals surface area (Å²) in [6.07, 6.45) is 3.88. The summed E-state index contributed by atoms with van der Waals surface area (Å²) >= 11 is 0. The second-order valence-electron chi connectivity index (χ2n) is 8.87. The van der Waals surface area contributed by atoms with Crippen LogP contribution in [0.5, 0.6) is 0 Å². The highest BCUT2D eigenvalue weighted by molar-refractivity contribution is 6.50. The molecule has 0 unspecified atom stereocenters. The van der Waals surface area contributed by atoms with Crippen molar-refractivity contribution >= 4 is 44.8 Å². The second-order valence-corrected chi connectivity index (χ2v) is 8.87. The Balaban J connectivity index is 1.56. The van der Waals surface area contributed by atoms with Crippen LogP contribution in [0.2, 0.25) is 0 Å². The van der Waals surface area contributed by atoms with E-state index in [1.54, 1.807) is 0 Å². The summed E-state index contributed by atoms with van der Waals surface area (Å²) < 4.78 is 4.08. The van der Waals surface area contributed by atoms with Crippen LogP contribution in [0.1, 0.15) is 22.3 Å². The Kier molecular flexibility index (Phi) is 4.90. The van der Waals surface area contributed by atoms with Crippen molar-refractivity contribution in [2.24, 2.45) is 7.05 Å². The van der Waals surface area contributed by atoms with Gasteiger partial charge in [0, 0.05) is 58.9 Å². The lowest BCUT2D eigenvalue weighted by Crippen LogP contribution is -2.22. The van der Waals surface area contributed by atoms with Crippen LogP contribution in [0.25, 0.3) is 33.0 Å². The van der Waals surface area contributed by atoms with Gasteiger partial charge in [0.2, 0.25) is 0 Å². The number of benzene rings is 3. The van der Waals surface area contributed by atoms with Crippen molar-refractivity contribution in [2.45, 2.75) is 13.2 Å². The molecule has 3 heterocycles. The first-order valence-electron chi connectivity index (χ1n) is 11.5. The molecule has 2 aromatic heterocycles. The van der Waals surface area contributed by atoms with Crippen molar-refractivity contribution in [3.05, 3.63) is 107 Å². The van der Waals surface area contributed by atoms with E-state index in [-0.39, 0.29) is 18.4 Å². The normalized spacial score (nSPS) is 13.9. The van der Waals surface area contributed by atoms with Crippen LogP contribution in [0.3, 0.4) is 0 Å². The van der Waals surface area contributed by atoms with Crippen LogP contribution in [0.4, 0.5) is 0 Å². The standard InChI is InChI=1S/C29H23N3O3/c1-31-15-22(20-6-2-4-8-24(20)31)26-27(29(35)30-28(26)34)23-16-32(25-9-5-3-7-21(23)25)14-18-10-12-19(17-33)13-11-18/h2-13,15-16,33H,14,17H2,1H3,(H,30,34,35). The van der Waals surface area contributed by atoms with Crippen LogP contribution in [0, 0.1) is 0 Å². The number of imide groups is 1. The Morgan fingerprint density at radius 2 is 1.26 bits per heavy atom. The molecule has 0 saturated carbocycles. The van der Waals surface area contributed by atoms with Gasteiger partial charge in [0.25, 0.3) is 11.8 Å². The minimum Gasteiger partial charge on any atom is -0.392 e. The number of fused-ring (bicyclic) bond motifs is 2. The molecule has 0 fully saturated rings. The average Bonchev–Trinajstić information content (AvgIpc) is 3.50. The average molecular weight is 462 g/mol. The molecule has 6 nitrogen and oxygen atoms in total. The zero-order valence-electron chi connectivity index (χ0n) is 19.2. The van der Waals surface area contributed by atoms with Gasteiger partial charge in [0.15, 0.2) is 0 Å². The molecule has 5 aromatic rings. The fourth-order valence-corrected chi connectivity index (χ4v) is 5.03. The lowest BCUT2D eigenvalue weighted by Gasteiger charge is -2.06. The van der Waals surface area contributed by atoms with E-state index in [2.05, 4.69) is 9.88 Å². The van der Waals surface area contributed by atoms with Crippen LogP contribution >= 0.6 is 0 Å². The highest BCUT2D eigenvalue weighted by Crippen LogP contribution is 2.38. The molecule has 172 valence electrons. The molecule has 3 aromatic carbocycles. The Bertz CT molecular complexity index is 1670. The minimum absolute atomic E-state index is 0.00508. The van der Waals surface area contributed by atoms with Gasteiger partial charge in [-0.1, -0.05) is 60.7 Å². The van der Waals surface area contributed by atoms with E-state index in [9.17, 15) is 14.7 Å². The summed E-state index contributed by atoms with van der Waals surface area (Å²) in [5, 5.41) is 13.7. The minimum atomic E-state index is -0.381. The van der Waals surface area contributed by atoms with Gasteiger partial charge in [0.05, 0.1) is 17.8 Å². The molecule has 0 spiro atoms. The van der Waals surface area contributed by atoms with Gasteiger partial charge in [-0.05, 0) is 23.3 Å². The number of aryl methyl sites for hydroxylation is 1. The fourth-order valence-electron chi connectivity index (χ4n) is 5.03. The molecule has 6 heteroatoms. The van der Waals surface area contributed by atoms with Crippen molar-refractivity contribution in [1.82, 2.24) is 14.5 Å². The molecular weight excluding hydrogens is 438 g/mol. The van der Waals surface area contributed by atoms with Crippen molar-refractivity contribution in [3.63, 3.8) is 0 Å². The number of aliphatic hydroxyl groups excluding tert-OH is 1. The molecule has 1 aliphatic rings. The summed E-state index contributed by atoms with van der Waals surface area (Å²) in [5.74, 6) is -0.758. The molecule has 2 N–H and O–H groups in total. The van der Waals surface area contributed by atoms with Crippen LogP contribution in [0.15, 0.2) is 85.2 Å². The maximum absolute atomic E-state index is 13.2. The number of hydrogen-bond donors (Lipinski definition) is 2. The topological polar surface area (TPSA) is 76.3 Å². The van der Waals surface area contributed by atoms with Crippen molar-refractivity contribution in [2.75, 3.05) is 0 Å². The van der Waals surface area contributed by atoms with Gasteiger partial charge in [-0.3, -0.25) is 14.9 Å². The predicted octanol–water partition coefficient (Wildman–Crippen LogP) is 4.24. The number of hydrogen-bond acceptors (Lipinski definition) is 3. The summed E-state index contributed by atoms with van der Waals surface area (Å²) in [4.78, 5) is 26.3. The van der Waals surface area contributed by atoms with E-state index in [4.69, 9.17) is 0 Å². The number of nitrogens with zero attached hydrogens (tertiary/aromatic N) is 2. The third-order valence-electron chi connectivity index (χ3n) is 6.71. The molecular formula is C29H23N3O3. The van der Waals surface area contributed by atoms with Crippen molar-refractivity contribution < 1.29 is 14.7 Å². The maximum Gasteiger partial charge on any atom is 0.259 e. The van der Waals surface area contributed by atoms with Crippen LogP contribution < -0.4 is 5.32 Å². The molecule has 0 atom stereocenters. The lowest BCUT2D eigenvalue weighted by atomic mass is 9.95. The molecule has 35 heavy (non-hydrogen) atoms. The molecule has 0 radical (unpaired) electrons. The van der Waals surface area contributed by atoms with Gasteiger partial charge in [-0.25, -0.2) is 0 Å². The highest BCUT2D eigenvalue weighted by atomic mass is 16.3. The zero-order valence-corrected chi connectivity index (χ0v) is 19.2. The first-order chi connectivity index (χ1) is 17.0. The van der Waals surface area contributed by atoms with Gasteiger partial charge in [-0.2, -0.15) is 0 Å². The summed E-state index contributed by atoms with van der Waals surface area (Å²) in [6.45, 7) is 0.601. The molecule has 0 saturated heterocycles. The molecule has 2 amide bonds. The van der Waals surface area contributed by atoms with Gasteiger partial charge >= 0.3 is 0 Å². The maximum atomic E-state index is 13.2. The van der Waals surface area contributed by atoms with E-state index < -0.39 is 0 Å². The monoisotopic (exact) mass is 461 g/mol. The highest BCUT2D eigenvalue weighted by Gasteiger charge is 2.35. The molecule has 0 bridgehead atoms. The first kappa shape index (κ1) is 21.1. The Hall–Kier alpha value is -4.42. The van der Waals surface area contributed by atoms with Crippen LogP contribution in [-0.2, 0) is 29.8 Å². The third-order valence-corrected chi connectivity index (χ3v) is 6.71. The van der Waals surface area contributed by atoms with Gasteiger partial charge in [-0.15, -0.1) is 0 Å². The summed E-state index contributed by atoms with van der Waals surface area (Å²) in [5.41, 5.74) is 6.19. The quantitative estimate of drug-likeness (QED) is 0.385. The number of nitrogens with one attached hydrogen (secondary N) is 1. The molecule has 1 aliphatic heterocycles. The fraction of sp³-hybridized carbons (Fsp3) is 0.103. The summed E-state index contributed by atoms with van der Waals surface area (Å²) in [7, 11) is 1.94. The largest absolute Gasteiger partial charge is 0.392 e. The van der Waals surface area contributed by atoms with E-state index in [0.717, 1.165) is 44.1 Å². The summed E-state index contributed by atoms with van der Waals surface area (Å²) in [6, 6.07) is 23.6. The lowest BCUT2D eigenvalue weighted by molar-refractivity contribution is -0.122. The number of carbonyl (C=O) groups excluding carboxylic acids is 2. The van der Waals surface area contributed by atoms with Crippen molar-refractivity contribution in [3.8, 4) is 0 Å². The Labute approximate surface area is 201 Å². The van der Waals surface area contributed by atoms with E-state index in [0.29, 0.717) is 17.7 Å². The first-order valence-corrected chi connectivity index (χ1v) is 11.5. The number of aliphatic hydroxyl groups is 1. The number of para-hydroxylation sites is 2. The SMILES string of the molecule is Cn1cc(C2=C(c3cn(Cc4ccc(CO)cc4)c4ccccc34)C(=O)NC2=O)c2ccccc21. The van der Waals surface area contributed by atoms with Gasteiger partial charge < -0.3 is 14.2 Å². The third kappa shape index (κ3) is 3.38. The Morgan fingerprint density at radius 3 is 1.91 bits per heavy atom. The van der Waals surface area contributed by atoms with Gasteiger partial charge in [0.1, 0.15) is 0 Å². The van der Waals surface area contributed by atoms with Crippen LogP contribution in [-0.4, -0.2) is 26.1 Å². The Morgan fingerprint density at radius 1 is 0.714 bits per heavy atom. The number of carbonyl (C=O) groups is 2. The smallest absolute Gasteiger partial charge is 0.259 e. The van der Waals surface area contributed by atoms with Crippen molar-refractivity contribution in [1.29, 1.82) is 0 Å². The van der Waals surface area contributed by atoms with E-state index in [1.807, 2.05) is 96.8 Å². The predicted molar refractivity (Wildman–Crippen MR) is 136 cm³/mol. The van der Waals surface area contributed by atoms with E-state index >= 15 is 0 Å². The second kappa shape index (κ2) is 8.11. The molecule has 6 rings (SSSR count). The number of amides is 2. The van der Waals surface area contributed by atoms with E-state index in [1.165, 1.54) is 0 Å². The number of rotatable bonds is 5. The zero-order chi connectivity index (χ0) is 24.1.